The summed E-state index contributed by atoms with van der Waals surface area (Å²) in [6, 6.07) is 5.60. The van der Waals surface area contributed by atoms with Gasteiger partial charge in [-0.25, -0.2) is 9.78 Å². The number of nitrogens with one attached hydrogen (secondary N) is 2. The summed E-state index contributed by atoms with van der Waals surface area (Å²) < 4.78 is 13.3. The second-order valence-electron chi connectivity index (χ2n) is 7.03. The van der Waals surface area contributed by atoms with E-state index in [2.05, 4.69) is 15.6 Å². The Morgan fingerprint density at radius 1 is 1.28 bits per heavy atom. The molecule has 0 radical (unpaired) electrons. The van der Waals surface area contributed by atoms with Crippen LogP contribution in [0.3, 0.4) is 0 Å². The van der Waals surface area contributed by atoms with Crippen molar-refractivity contribution in [1.82, 2.24) is 20.2 Å². The van der Waals surface area contributed by atoms with Crippen LogP contribution in [0, 0.1) is 0 Å². The van der Waals surface area contributed by atoms with Gasteiger partial charge in [0.05, 0.1) is 17.1 Å². The Balaban J connectivity index is 1.46. The molecule has 1 atom stereocenters. The number of carbonyl (C=O) groups excluding carboxylic acids is 2. The summed E-state index contributed by atoms with van der Waals surface area (Å²) in [6.45, 7) is 5.58. The van der Waals surface area contributed by atoms with E-state index in [1.165, 1.54) is 11.8 Å². The number of amides is 3. The van der Waals surface area contributed by atoms with Gasteiger partial charge in [0.1, 0.15) is 13.2 Å². The average molecular weight is 417 g/mol. The minimum Gasteiger partial charge on any atom is -0.486 e. The summed E-state index contributed by atoms with van der Waals surface area (Å²) in [6.07, 6.45) is 3.74. The first-order valence-electron chi connectivity index (χ1n) is 9.78. The number of thioether (sulfide) groups is 1. The maximum Gasteiger partial charge on any atom is 0.321 e. The summed E-state index contributed by atoms with van der Waals surface area (Å²) in [7, 11) is 0. The lowest BCUT2D eigenvalue weighted by atomic mass is 10.1. The zero-order valence-electron chi connectivity index (χ0n) is 16.4. The van der Waals surface area contributed by atoms with Crippen LogP contribution in [0.2, 0.25) is 0 Å². The Morgan fingerprint density at radius 3 is 2.76 bits per heavy atom. The summed E-state index contributed by atoms with van der Waals surface area (Å²) >= 11 is 1.33. The maximum atomic E-state index is 12.3. The zero-order valence-corrected chi connectivity index (χ0v) is 17.3. The molecule has 154 valence electrons. The van der Waals surface area contributed by atoms with Gasteiger partial charge in [0.2, 0.25) is 5.91 Å². The highest BCUT2D eigenvalue weighted by molar-refractivity contribution is 8.00. The summed E-state index contributed by atoms with van der Waals surface area (Å²) in [5.41, 5.74) is 1.91. The third-order valence-corrected chi connectivity index (χ3v) is 5.88. The van der Waals surface area contributed by atoms with E-state index < -0.39 is 11.3 Å². The fraction of sp³-hybridized carbons (Fsp3) is 0.450. The minimum atomic E-state index is -0.458. The number of imide groups is 1. The highest BCUT2D eigenvalue weighted by Gasteiger charge is 2.26. The molecule has 29 heavy (non-hydrogen) atoms. The number of fused-ring (bicyclic) bond motifs is 1. The van der Waals surface area contributed by atoms with Gasteiger partial charge in [-0.05, 0) is 44.9 Å². The number of aromatic nitrogens is 2. The molecule has 1 saturated carbocycles. The van der Waals surface area contributed by atoms with Crippen LogP contribution >= 0.6 is 11.8 Å². The van der Waals surface area contributed by atoms with Crippen molar-refractivity contribution in [2.45, 2.75) is 49.7 Å². The molecular weight excluding hydrogens is 392 g/mol. The standard InChI is InChI=1S/C20H24N4O4S/c1-3-24-15(13-4-7-16-17(10-13)28-9-8-27-16)11-21-20(24)29-12(2)18(25)23-19(26)22-14-5-6-14/h4,7,10-12,14H,3,5-6,8-9H2,1-2H3,(H2,22,23,25,26). The van der Waals surface area contributed by atoms with Crippen LogP contribution in [-0.2, 0) is 11.3 Å². The SMILES string of the molecule is CCn1c(-c2ccc3c(c2)OCCO3)cnc1SC(C)C(=O)NC(=O)NC1CC1. The predicted molar refractivity (Wildman–Crippen MR) is 109 cm³/mol. The van der Waals surface area contributed by atoms with Gasteiger partial charge in [0, 0.05) is 18.2 Å². The van der Waals surface area contributed by atoms with Crippen LogP contribution in [-0.4, -0.2) is 46.0 Å². The molecule has 0 saturated heterocycles. The Hall–Kier alpha value is -2.68. The van der Waals surface area contributed by atoms with Gasteiger partial charge in [-0.1, -0.05) is 11.8 Å². The number of imidazole rings is 1. The first kappa shape index (κ1) is 19.6. The second-order valence-corrected chi connectivity index (χ2v) is 8.33. The maximum absolute atomic E-state index is 12.3. The van der Waals surface area contributed by atoms with E-state index in [4.69, 9.17) is 9.47 Å². The van der Waals surface area contributed by atoms with Gasteiger partial charge in [-0.3, -0.25) is 10.1 Å². The lowest BCUT2D eigenvalue weighted by Gasteiger charge is -2.19. The molecule has 2 heterocycles. The number of rotatable bonds is 6. The quantitative estimate of drug-likeness (QED) is 0.704. The summed E-state index contributed by atoms with van der Waals surface area (Å²) in [5.74, 6) is 1.13. The largest absolute Gasteiger partial charge is 0.486 e. The lowest BCUT2D eigenvalue weighted by Crippen LogP contribution is -2.43. The van der Waals surface area contributed by atoms with Gasteiger partial charge in [0.25, 0.3) is 0 Å². The van der Waals surface area contributed by atoms with Gasteiger partial charge >= 0.3 is 6.03 Å². The van der Waals surface area contributed by atoms with Gasteiger partial charge in [-0.15, -0.1) is 0 Å². The highest BCUT2D eigenvalue weighted by Crippen LogP contribution is 2.36. The molecule has 1 aromatic carbocycles. The Labute approximate surface area is 173 Å². The van der Waals surface area contributed by atoms with Crippen molar-refractivity contribution >= 4 is 23.7 Å². The topological polar surface area (TPSA) is 94.5 Å². The number of hydrogen-bond acceptors (Lipinski definition) is 6. The molecule has 1 unspecified atom stereocenters. The van der Waals surface area contributed by atoms with E-state index in [9.17, 15) is 9.59 Å². The first-order valence-corrected chi connectivity index (χ1v) is 10.7. The van der Waals surface area contributed by atoms with Gasteiger partial charge in [-0.2, -0.15) is 0 Å². The average Bonchev–Trinajstić information content (AvgIpc) is 3.44. The van der Waals surface area contributed by atoms with Gasteiger partial charge in [0.15, 0.2) is 16.7 Å². The van der Waals surface area contributed by atoms with E-state index >= 15 is 0 Å². The fourth-order valence-electron chi connectivity index (χ4n) is 3.07. The molecule has 9 heteroatoms. The van der Waals surface area contributed by atoms with E-state index in [1.54, 1.807) is 13.1 Å². The fourth-order valence-corrected chi connectivity index (χ4v) is 4.02. The molecule has 0 bridgehead atoms. The molecule has 1 aromatic heterocycles. The predicted octanol–water partition coefficient (Wildman–Crippen LogP) is 2.81. The van der Waals surface area contributed by atoms with Crippen LogP contribution in [0.25, 0.3) is 11.3 Å². The minimum absolute atomic E-state index is 0.207. The molecular formula is C20H24N4O4S. The normalized spacial score (nSPS) is 16.2. The van der Waals surface area contributed by atoms with Crippen molar-refractivity contribution in [3.05, 3.63) is 24.4 Å². The molecule has 0 spiro atoms. The number of hydrogen-bond donors (Lipinski definition) is 2. The van der Waals surface area contributed by atoms with Crippen molar-refractivity contribution in [2.75, 3.05) is 13.2 Å². The number of benzene rings is 1. The molecule has 1 aliphatic carbocycles. The first-order chi connectivity index (χ1) is 14.0. The number of carbonyl (C=O) groups is 2. The third-order valence-electron chi connectivity index (χ3n) is 4.77. The monoisotopic (exact) mass is 416 g/mol. The Kier molecular flexibility index (Phi) is 5.66. The molecule has 2 aliphatic rings. The zero-order chi connectivity index (χ0) is 20.4. The van der Waals surface area contributed by atoms with Crippen LogP contribution < -0.4 is 20.1 Å². The van der Waals surface area contributed by atoms with Crippen molar-refractivity contribution in [2.24, 2.45) is 0 Å². The van der Waals surface area contributed by atoms with E-state index in [-0.39, 0.29) is 11.9 Å². The molecule has 1 aliphatic heterocycles. The van der Waals surface area contributed by atoms with Crippen molar-refractivity contribution in [3.63, 3.8) is 0 Å². The highest BCUT2D eigenvalue weighted by atomic mass is 32.2. The summed E-state index contributed by atoms with van der Waals surface area (Å²) in [5, 5.41) is 5.42. The molecule has 4 rings (SSSR count). The van der Waals surface area contributed by atoms with Crippen molar-refractivity contribution in [1.29, 1.82) is 0 Å². The van der Waals surface area contributed by atoms with E-state index in [1.807, 2.05) is 29.7 Å². The summed E-state index contributed by atoms with van der Waals surface area (Å²) in [4.78, 5) is 28.6. The molecule has 2 aromatic rings. The van der Waals surface area contributed by atoms with E-state index in [0.717, 1.165) is 40.8 Å². The van der Waals surface area contributed by atoms with E-state index in [0.29, 0.717) is 19.8 Å². The second kappa shape index (κ2) is 8.36. The van der Waals surface area contributed by atoms with Crippen LogP contribution in [0.1, 0.15) is 26.7 Å². The van der Waals surface area contributed by atoms with Crippen LogP contribution in [0.15, 0.2) is 29.6 Å². The smallest absolute Gasteiger partial charge is 0.321 e. The third kappa shape index (κ3) is 4.50. The van der Waals surface area contributed by atoms with Gasteiger partial charge < -0.3 is 19.4 Å². The molecule has 2 N–H and O–H groups in total. The number of ether oxygens (including phenoxy) is 2. The van der Waals surface area contributed by atoms with Crippen LogP contribution in [0.5, 0.6) is 11.5 Å². The number of urea groups is 1. The molecule has 8 nitrogen and oxygen atoms in total. The lowest BCUT2D eigenvalue weighted by molar-refractivity contribution is -0.119. The van der Waals surface area contributed by atoms with Crippen LogP contribution in [0.4, 0.5) is 4.79 Å². The van der Waals surface area contributed by atoms with Crippen molar-refractivity contribution in [3.8, 4) is 22.8 Å². The number of nitrogens with zero attached hydrogens (tertiary/aromatic N) is 2. The Morgan fingerprint density at radius 2 is 2.03 bits per heavy atom. The Bertz CT molecular complexity index is 925. The molecule has 3 amide bonds. The van der Waals surface area contributed by atoms with Crippen molar-refractivity contribution < 1.29 is 19.1 Å². The molecule has 1 fully saturated rings.